The van der Waals surface area contributed by atoms with E-state index in [1.54, 1.807) is 0 Å². The second kappa shape index (κ2) is 2.64. The first-order valence-corrected chi connectivity index (χ1v) is 4.86. The van der Waals surface area contributed by atoms with Crippen molar-refractivity contribution in [3.63, 3.8) is 0 Å². The molecule has 1 aromatic heterocycles. The van der Waals surface area contributed by atoms with Gasteiger partial charge in [-0.2, -0.15) is 0 Å². The lowest BCUT2D eigenvalue weighted by Gasteiger charge is -2.21. The smallest absolute Gasteiger partial charge is 0.0686 e. The van der Waals surface area contributed by atoms with Crippen LogP contribution in [0.5, 0.6) is 0 Å². The van der Waals surface area contributed by atoms with Gasteiger partial charge in [0.1, 0.15) is 0 Å². The molecule has 0 amide bonds. The predicted molar refractivity (Wildman–Crippen MR) is 57.8 cm³/mol. The lowest BCUT2D eigenvalue weighted by Crippen LogP contribution is -2.13. The normalized spacial score (nSPS) is 12.9. The molecular weight excluding hydrogens is 172 g/mol. The van der Waals surface area contributed by atoms with E-state index in [1.807, 2.05) is 0 Å². The van der Waals surface area contributed by atoms with Crippen LogP contribution in [0.2, 0.25) is 0 Å². The van der Waals surface area contributed by atoms with Crippen molar-refractivity contribution in [2.75, 3.05) is 5.32 Å². The second-order valence-electron chi connectivity index (χ2n) is 3.74. The molecule has 2 nitrogen and oxygen atoms in total. The van der Waals surface area contributed by atoms with Crippen molar-refractivity contribution in [1.29, 1.82) is 0 Å². The van der Waals surface area contributed by atoms with Crippen molar-refractivity contribution < 1.29 is 0 Å². The minimum atomic E-state index is 0.920. The second-order valence-corrected chi connectivity index (χ2v) is 3.74. The molecule has 1 aliphatic rings. The van der Waals surface area contributed by atoms with Crippen LogP contribution in [0.4, 0.5) is 5.69 Å². The van der Waals surface area contributed by atoms with E-state index in [2.05, 4.69) is 53.3 Å². The largest absolute Gasteiger partial charge is 0.378 e. The Kier molecular flexibility index (Phi) is 1.45. The van der Waals surface area contributed by atoms with Crippen molar-refractivity contribution in [2.24, 2.45) is 0 Å². The number of aryl methyl sites for hydroxylation is 1. The van der Waals surface area contributed by atoms with Crippen molar-refractivity contribution >= 4 is 5.69 Å². The molecule has 2 heterocycles. The van der Waals surface area contributed by atoms with E-state index in [9.17, 15) is 0 Å². The molecule has 0 unspecified atom stereocenters. The number of hydrogen-bond donors (Lipinski definition) is 1. The lowest BCUT2D eigenvalue weighted by atomic mass is 10.1. The molecule has 0 bridgehead atoms. The van der Waals surface area contributed by atoms with Crippen LogP contribution in [-0.2, 0) is 6.54 Å². The summed E-state index contributed by atoms with van der Waals surface area (Å²) in [4.78, 5) is 0. The Morgan fingerprint density at radius 2 is 2.21 bits per heavy atom. The molecule has 2 heteroatoms. The minimum absolute atomic E-state index is 0.920. The van der Waals surface area contributed by atoms with Gasteiger partial charge in [0.15, 0.2) is 0 Å². The average Bonchev–Trinajstić information content (AvgIpc) is 2.65. The molecule has 0 spiro atoms. The van der Waals surface area contributed by atoms with Crippen molar-refractivity contribution in [3.8, 4) is 5.69 Å². The maximum Gasteiger partial charge on any atom is 0.0686 e. The summed E-state index contributed by atoms with van der Waals surface area (Å²) in [7, 11) is 0. The molecule has 1 aromatic carbocycles. The molecule has 14 heavy (non-hydrogen) atoms. The van der Waals surface area contributed by atoms with Gasteiger partial charge in [-0.05, 0) is 36.8 Å². The fraction of sp³-hybridized carbons (Fsp3) is 0.167. The molecule has 1 aliphatic heterocycles. The van der Waals surface area contributed by atoms with Crippen LogP contribution >= 0.6 is 0 Å². The van der Waals surface area contributed by atoms with E-state index in [-0.39, 0.29) is 0 Å². The quantitative estimate of drug-likeness (QED) is 0.666. The Hall–Kier alpha value is -1.70. The zero-order chi connectivity index (χ0) is 9.54. The zero-order valence-corrected chi connectivity index (χ0v) is 8.12. The molecule has 3 rings (SSSR count). The van der Waals surface area contributed by atoms with E-state index in [0.29, 0.717) is 0 Å². The minimum Gasteiger partial charge on any atom is -0.378 e. The molecule has 0 fully saturated rings. The highest BCUT2D eigenvalue weighted by Gasteiger charge is 2.13. The van der Waals surface area contributed by atoms with Gasteiger partial charge in [0.2, 0.25) is 0 Å². The summed E-state index contributed by atoms with van der Waals surface area (Å²) in [5.74, 6) is 0. The first kappa shape index (κ1) is 7.68. The predicted octanol–water partition coefficient (Wildman–Crippen LogP) is 2.71. The van der Waals surface area contributed by atoms with Gasteiger partial charge in [0, 0.05) is 11.9 Å². The molecule has 70 valence electrons. The van der Waals surface area contributed by atoms with E-state index in [4.69, 9.17) is 0 Å². The molecule has 0 saturated carbocycles. The van der Waals surface area contributed by atoms with E-state index >= 15 is 0 Å². The maximum atomic E-state index is 3.42. The fourth-order valence-corrected chi connectivity index (χ4v) is 1.98. The summed E-state index contributed by atoms with van der Waals surface area (Å²) < 4.78 is 2.24. The van der Waals surface area contributed by atoms with Gasteiger partial charge in [0.05, 0.1) is 17.9 Å². The summed E-state index contributed by atoms with van der Waals surface area (Å²) in [6.07, 6.45) is 2.12. The van der Waals surface area contributed by atoms with Gasteiger partial charge in [-0.1, -0.05) is 6.07 Å². The van der Waals surface area contributed by atoms with Gasteiger partial charge < -0.3 is 9.88 Å². The Bertz CT molecular complexity index is 483. The van der Waals surface area contributed by atoms with E-state index in [0.717, 1.165) is 6.54 Å². The van der Waals surface area contributed by atoms with Crippen LogP contribution < -0.4 is 5.32 Å². The van der Waals surface area contributed by atoms with Crippen LogP contribution in [-0.4, -0.2) is 4.57 Å². The fourth-order valence-electron chi connectivity index (χ4n) is 1.98. The first-order valence-electron chi connectivity index (χ1n) is 4.86. The maximum absolute atomic E-state index is 3.42. The Morgan fingerprint density at radius 1 is 1.29 bits per heavy atom. The van der Waals surface area contributed by atoms with Crippen LogP contribution in [0, 0.1) is 6.92 Å². The Balaban J connectivity index is 2.26. The highest BCUT2D eigenvalue weighted by molar-refractivity contribution is 5.65. The van der Waals surface area contributed by atoms with Gasteiger partial charge in [-0.15, -0.1) is 0 Å². The third kappa shape index (κ3) is 0.970. The number of benzene rings is 1. The summed E-state index contributed by atoms with van der Waals surface area (Å²) in [5, 5.41) is 3.42. The number of nitrogens with one attached hydrogen (secondary N) is 1. The SMILES string of the molecule is Cc1ccc2c(c1)NCc1cccn1-2. The van der Waals surface area contributed by atoms with Crippen molar-refractivity contribution in [1.82, 2.24) is 4.57 Å². The molecule has 0 radical (unpaired) electrons. The zero-order valence-electron chi connectivity index (χ0n) is 8.12. The Morgan fingerprint density at radius 3 is 3.14 bits per heavy atom. The number of rotatable bonds is 0. The molecule has 0 saturated heterocycles. The number of hydrogen-bond acceptors (Lipinski definition) is 1. The average molecular weight is 184 g/mol. The van der Waals surface area contributed by atoms with E-state index in [1.165, 1.54) is 22.6 Å². The third-order valence-corrected chi connectivity index (χ3v) is 2.70. The number of anilines is 1. The first-order chi connectivity index (χ1) is 6.84. The molecule has 0 atom stereocenters. The van der Waals surface area contributed by atoms with E-state index < -0.39 is 0 Å². The summed E-state index contributed by atoms with van der Waals surface area (Å²) in [6, 6.07) is 10.7. The summed E-state index contributed by atoms with van der Waals surface area (Å²) in [6.45, 7) is 3.04. The van der Waals surface area contributed by atoms with Crippen molar-refractivity contribution in [3.05, 3.63) is 47.8 Å². The van der Waals surface area contributed by atoms with Gasteiger partial charge in [-0.3, -0.25) is 0 Å². The summed E-state index contributed by atoms with van der Waals surface area (Å²) >= 11 is 0. The highest BCUT2D eigenvalue weighted by Crippen LogP contribution is 2.28. The van der Waals surface area contributed by atoms with Crippen molar-refractivity contribution in [2.45, 2.75) is 13.5 Å². The monoisotopic (exact) mass is 184 g/mol. The topological polar surface area (TPSA) is 17.0 Å². The van der Waals surface area contributed by atoms with Crippen LogP contribution in [0.25, 0.3) is 5.69 Å². The molecule has 2 aromatic rings. The van der Waals surface area contributed by atoms with Gasteiger partial charge in [-0.25, -0.2) is 0 Å². The standard InChI is InChI=1S/C12H12N2/c1-9-4-5-12-11(7-9)13-8-10-3-2-6-14(10)12/h2-7,13H,8H2,1H3. The number of nitrogens with zero attached hydrogens (tertiary/aromatic N) is 1. The number of fused-ring (bicyclic) bond motifs is 3. The van der Waals surface area contributed by atoms with Gasteiger partial charge in [0.25, 0.3) is 0 Å². The molecule has 1 N–H and O–H groups in total. The lowest BCUT2D eigenvalue weighted by molar-refractivity contribution is 0.907. The number of aromatic nitrogens is 1. The van der Waals surface area contributed by atoms with Gasteiger partial charge >= 0.3 is 0 Å². The highest BCUT2D eigenvalue weighted by atomic mass is 15.1. The molecule has 0 aliphatic carbocycles. The summed E-state index contributed by atoms with van der Waals surface area (Å²) in [5.41, 5.74) is 5.10. The van der Waals surface area contributed by atoms with Crippen LogP contribution in [0.1, 0.15) is 11.3 Å². The molecular formula is C12H12N2. The van der Waals surface area contributed by atoms with Crippen LogP contribution in [0.15, 0.2) is 36.5 Å². The Labute approximate surface area is 83.2 Å². The third-order valence-electron chi connectivity index (χ3n) is 2.70. The van der Waals surface area contributed by atoms with Crippen LogP contribution in [0.3, 0.4) is 0 Å².